The Kier molecular flexibility index (Phi) is 5.59. The number of aryl methyl sites for hydroxylation is 1. The van der Waals surface area contributed by atoms with Crippen molar-refractivity contribution in [3.63, 3.8) is 0 Å². The highest BCUT2D eigenvalue weighted by Crippen LogP contribution is 2.06. The zero-order chi connectivity index (χ0) is 14.0. The first kappa shape index (κ1) is 14.1. The van der Waals surface area contributed by atoms with E-state index in [0.717, 1.165) is 18.5 Å². The number of hydrogen-bond acceptors (Lipinski definition) is 1. The molecule has 0 radical (unpaired) electrons. The van der Waals surface area contributed by atoms with E-state index in [9.17, 15) is 4.79 Å². The summed E-state index contributed by atoms with van der Waals surface area (Å²) in [5.41, 5.74) is 2.17. The van der Waals surface area contributed by atoms with Gasteiger partial charge in [0, 0.05) is 12.1 Å². The van der Waals surface area contributed by atoms with Crippen molar-refractivity contribution in [1.29, 1.82) is 0 Å². The minimum absolute atomic E-state index is 0.0205. The van der Waals surface area contributed by atoms with E-state index in [-0.39, 0.29) is 5.91 Å². The summed E-state index contributed by atoms with van der Waals surface area (Å²) in [7, 11) is 0. The van der Waals surface area contributed by atoms with Crippen LogP contribution in [0.4, 0.5) is 5.69 Å². The number of anilines is 1. The molecule has 2 nitrogen and oxygen atoms in total. The van der Waals surface area contributed by atoms with Crippen molar-refractivity contribution in [3.05, 3.63) is 78.4 Å². The molecule has 0 saturated carbocycles. The molecule has 1 amide bonds. The number of nitrogens with one attached hydrogen (secondary N) is 1. The Morgan fingerprint density at radius 1 is 0.900 bits per heavy atom. The van der Waals surface area contributed by atoms with Crippen LogP contribution >= 0.6 is 0 Å². The van der Waals surface area contributed by atoms with Crippen LogP contribution in [0, 0.1) is 0 Å². The van der Waals surface area contributed by atoms with Gasteiger partial charge in [0.1, 0.15) is 0 Å². The molecule has 2 aromatic rings. The summed E-state index contributed by atoms with van der Waals surface area (Å²) < 4.78 is 0. The maximum atomic E-state index is 11.7. The Labute approximate surface area is 120 Å². The Morgan fingerprint density at radius 3 is 2.25 bits per heavy atom. The first-order valence-corrected chi connectivity index (χ1v) is 6.88. The molecule has 0 spiro atoms. The van der Waals surface area contributed by atoms with Crippen molar-refractivity contribution in [2.75, 3.05) is 5.32 Å². The molecular weight excluding hydrogens is 246 g/mol. The normalized spacial score (nSPS) is 10.6. The lowest BCUT2D eigenvalue weighted by Gasteiger charge is -2.02. The standard InChI is InChI=1S/C18H19NO/c20-18(19-17-13-7-3-8-14-17)15-9-2-6-12-16-10-4-1-5-11-16/h1-5,7-11,13-14H,6,12,15H2,(H,19,20)/b9-2+. The van der Waals surface area contributed by atoms with Crippen LogP contribution in [0.25, 0.3) is 0 Å². The molecule has 0 aliphatic heterocycles. The second-order valence-electron chi connectivity index (χ2n) is 4.61. The lowest BCUT2D eigenvalue weighted by atomic mass is 10.1. The van der Waals surface area contributed by atoms with E-state index in [1.54, 1.807) is 0 Å². The molecule has 0 fully saturated rings. The van der Waals surface area contributed by atoms with Crippen LogP contribution in [0.5, 0.6) is 0 Å². The number of benzene rings is 2. The van der Waals surface area contributed by atoms with Gasteiger partial charge < -0.3 is 5.32 Å². The van der Waals surface area contributed by atoms with Gasteiger partial charge in [-0.2, -0.15) is 0 Å². The molecule has 102 valence electrons. The highest BCUT2D eigenvalue weighted by molar-refractivity contribution is 5.91. The van der Waals surface area contributed by atoms with Crippen LogP contribution in [0.15, 0.2) is 72.8 Å². The first-order chi connectivity index (χ1) is 9.84. The maximum Gasteiger partial charge on any atom is 0.228 e. The fourth-order valence-electron chi connectivity index (χ4n) is 1.94. The number of hydrogen-bond donors (Lipinski definition) is 1. The van der Waals surface area contributed by atoms with Crippen LogP contribution in [0.1, 0.15) is 18.4 Å². The van der Waals surface area contributed by atoms with Crippen molar-refractivity contribution in [2.24, 2.45) is 0 Å². The van der Waals surface area contributed by atoms with E-state index in [1.165, 1.54) is 5.56 Å². The van der Waals surface area contributed by atoms with Crippen molar-refractivity contribution in [2.45, 2.75) is 19.3 Å². The largest absolute Gasteiger partial charge is 0.326 e. The van der Waals surface area contributed by atoms with E-state index in [1.807, 2.05) is 54.6 Å². The van der Waals surface area contributed by atoms with Crippen molar-refractivity contribution in [3.8, 4) is 0 Å². The first-order valence-electron chi connectivity index (χ1n) is 6.88. The highest BCUT2D eigenvalue weighted by atomic mass is 16.1. The van der Waals surface area contributed by atoms with Crippen molar-refractivity contribution in [1.82, 2.24) is 0 Å². The van der Waals surface area contributed by atoms with E-state index in [0.29, 0.717) is 6.42 Å². The van der Waals surface area contributed by atoms with Gasteiger partial charge in [0.2, 0.25) is 5.91 Å². The third-order valence-electron chi connectivity index (χ3n) is 2.97. The fraction of sp³-hybridized carbons (Fsp3) is 0.167. The molecule has 2 rings (SSSR count). The molecule has 1 N–H and O–H groups in total. The van der Waals surface area contributed by atoms with Crippen LogP contribution in [0.3, 0.4) is 0 Å². The number of carbonyl (C=O) groups excluding carboxylic acids is 1. The van der Waals surface area contributed by atoms with Crippen LogP contribution in [-0.4, -0.2) is 5.91 Å². The summed E-state index contributed by atoms with van der Waals surface area (Å²) in [6, 6.07) is 19.9. The second kappa shape index (κ2) is 7.95. The van der Waals surface area contributed by atoms with E-state index in [4.69, 9.17) is 0 Å². The van der Waals surface area contributed by atoms with Gasteiger partial charge in [-0.05, 0) is 30.5 Å². The Hall–Kier alpha value is -2.35. The number of para-hydroxylation sites is 1. The van der Waals surface area contributed by atoms with Crippen molar-refractivity contribution >= 4 is 11.6 Å². The lowest BCUT2D eigenvalue weighted by Crippen LogP contribution is -2.09. The second-order valence-corrected chi connectivity index (χ2v) is 4.61. The monoisotopic (exact) mass is 265 g/mol. The summed E-state index contributed by atoms with van der Waals surface area (Å²) in [5.74, 6) is 0.0205. The zero-order valence-electron chi connectivity index (χ0n) is 11.5. The molecule has 0 aliphatic rings. The molecule has 0 heterocycles. The number of amides is 1. The molecule has 2 aromatic carbocycles. The van der Waals surface area contributed by atoms with Gasteiger partial charge in [-0.25, -0.2) is 0 Å². The van der Waals surface area contributed by atoms with Gasteiger partial charge in [0.25, 0.3) is 0 Å². The Morgan fingerprint density at radius 2 is 1.55 bits per heavy atom. The number of carbonyl (C=O) groups is 1. The third-order valence-corrected chi connectivity index (χ3v) is 2.97. The minimum atomic E-state index is 0.0205. The minimum Gasteiger partial charge on any atom is -0.326 e. The van der Waals surface area contributed by atoms with E-state index in [2.05, 4.69) is 23.5 Å². The third kappa shape index (κ3) is 5.11. The fourth-order valence-corrected chi connectivity index (χ4v) is 1.94. The van der Waals surface area contributed by atoms with Gasteiger partial charge in [-0.15, -0.1) is 0 Å². The Bertz CT molecular complexity index is 546. The predicted octanol–water partition coefficient (Wildman–Crippen LogP) is 4.20. The van der Waals surface area contributed by atoms with Gasteiger partial charge in [-0.1, -0.05) is 60.7 Å². The Balaban J connectivity index is 1.67. The van der Waals surface area contributed by atoms with Crippen molar-refractivity contribution < 1.29 is 4.79 Å². The molecule has 0 unspecified atom stereocenters. The summed E-state index contributed by atoms with van der Waals surface area (Å²) >= 11 is 0. The van der Waals surface area contributed by atoms with Gasteiger partial charge >= 0.3 is 0 Å². The van der Waals surface area contributed by atoms with Gasteiger partial charge in [0.05, 0.1) is 0 Å². The van der Waals surface area contributed by atoms with Gasteiger partial charge in [0.15, 0.2) is 0 Å². The summed E-state index contributed by atoms with van der Waals surface area (Å²) in [5, 5.41) is 2.86. The maximum absolute atomic E-state index is 11.7. The smallest absolute Gasteiger partial charge is 0.228 e. The molecular formula is C18H19NO. The average molecular weight is 265 g/mol. The zero-order valence-corrected chi connectivity index (χ0v) is 11.5. The molecule has 2 heteroatoms. The quantitative estimate of drug-likeness (QED) is 0.779. The van der Waals surface area contributed by atoms with Crippen LogP contribution < -0.4 is 5.32 Å². The SMILES string of the molecule is O=C(C/C=C/CCc1ccccc1)Nc1ccccc1. The van der Waals surface area contributed by atoms with E-state index < -0.39 is 0 Å². The summed E-state index contributed by atoms with van der Waals surface area (Å²) in [6.45, 7) is 0. The summed E-state index contributed by atoms with van der Waals surface area (Å²) in [4.78, 5) is 11.7. The van der Waals surface area contributed by atoms with Gasteiger partial charge in [-0.3, -0.25) is 4.79 Å². The summed E-state index contributed by atoms with van der Waals surface area (Å²) in [6.07, 6.45) is 6.39. The topological polar surface area (TPSA) is 29.1 Å². The van der Waals surface area contributed by atoms with E-state index >= 15 is 0 Å². The lowest BCUT2D eigenvalue weighted by molar-refractivity contribution is -0.115. The van der Waals surface area contributed by atoms with Crippen LogP contribution in [-0.2, 0) is 11.2 Å². The van der Waals surface area contributed by atoms with Crippen LogP contribution in [0.2, 0.25) is 0 Å². The molecule has 20 heavy (non-hydrogen) atoms. The average Bonchev–Trinajstić information content (AvgIpc) is 2.49. The number of allylic oxidation sites excluding steroid dienone is 1. The predicted molar refractivity (Wildman–Crippen MR) is 83.6 cm³/mol. The molecule has 0 saturated heterocycles. The molecule has 0 atom stereocenters. The highest BCUT2D eigenvalue weighted by Gasteiger charge is 1.98. The molecule has 0 bridgehead atoms. The molecule has 0 aromatic heterocycles. The number of rotatable bonds is 6. The molecule has 0 aliphatic carbocycles.